The van der Waals surface area contributed by atoms with Crippen LogP contribution in [0.4, 0.5) is 0 Å². The lowest BCUT2D eigenvalue weighted by atomic mass is 9.99. The second-order valence-corrected chi connectivity index (χ2v) is 6.24. The van der Waals surface area contributed by atoms with Crippen molar-refractivity contribution in [3.05, 3.63) is 59.4 Å². The lowest BCUT2D eigenvalue weighted by Gasteiger charge is -2.13. The van der Waals surface area contributed by atoms with Crippen LogP contribution in [0.2, 0.25) is 0 Å². The molecular formula is C19H20N4O3. The minimum Gasteiger partial charge on any atom is -0.481 e. The van der Waals surface area contributed by atoms with Crippen LogP contribution in [0, 0.1) is 12.8 Å². The van der Waals surface area contributed by atoms with E-state index in [-0.39, 0.29) is 12.5 Å². The van der Waals surface area contributed by atoms with E-state index in [1.807, 2.05) is 37.3 Å². The Morgan fingerprint density at radius 3 is 2.69 bits per heavy atom. The summed E-state index contributed by atoms with van der Waals surface area (Å²) in [4.78, 5) is 28.2. The molecule has 0 saturated heterocycles. The number of nitrogens with one attached hydrogen (secondary N) is 1. The summed E-state index contributed by atoms with van der Waals surface area (Å²) in [6.45, 7) is 1.90. The molecular weight excluding hydrogens is 332 g/mol. The number of pyridine rings is 1. The second-order valence-electron chi connectivity index (χ2n) is 6.24. The van der Waals surface area contributed by atoms with E-state index >= 15 is 0 Å². The molecule has 2 N–H and O–H groups in total. The van der Waals surface area contributed by atoms with Crippen LogP contribution in [0.3, 0.4) is 0 Å². The molecule has 0 spiro atoms. The first-order valence-corrected chi connectivity index (χ1v) is 8.30. The third-order valence-electron chi connectivity index (χ3n) is 4.31. The fraction of sp³-hybridized carbons (Fsp3) is 0.263. The molecule has 1 aromatic carbocycles. The first-order valence-electron chi connectivity index (χ1n) is 8.30. The lowest BCUT2D eigenvalue weighted by molar-refractivity contribution is -0.141. The summed E-state index contributed by atoms with van der Waals surface area (Å²) in [5, 5.41) is 17.2. The average molecular weight is 352 g/mol. The number of aliphatic carboxylic acids is 1. The molecule has 0 aliphatic carbocycles. The maximum absolute atomic E-state index is 12.4. The first-order chi connectivity index (χ1) is 12.5. The minimum absolute atomic E-state index is 0.0487. The van der Waals surface area contributed by atoms with Crippen LogP contribution in [0.25, 0.3) is 11.0 Å². The van der Waals surface area contributed by atoms with Crippen molar-refractivity contribution in [2.24, 2.45) is 13.0 Å². The molecule has 1 amide bonds. The van der Waals surface area contributed by atoms with Gasteiger partial charge in [-0.25, -0.2) is 4.98 Å². The van der Waals surface area contributed by atoms with Gasteiger partial charge in [0.15, 0.2) is 5.65 Å². The predicted molar refractivity (Wildman–Crippen MR) is 96.9 cm³/mol. The highest BCUT2D eigenvalue weighted by atomic mass is 16.4. The van der Waals surface area contributed by atoms with E-state index in [4.69, 9.17) is 0 Å². The van der Waals surface area contributed by atoms with Gasteiger partial charge in [0.05, 0.1) is 17.2 Å². The van der Waals surface area contributed by atoms with Crippen LogP contribution in [0.5, 0.6) is 0 Å². The Bertz CT molecular complexity index is 950. The first kappa shape index (κ1) is 17.6. The highest BCUT2D eigenvalue weighted by molar-refractivity contribution is 5.97. The number of benzene rings is 1. The molecule has 0 bridgehead atoms. The maximum atomic E-state index is 12.4. The molecule has 3 aromatic rings. The van der Waals surface area contributed by atoms with E-state index in [1.165, 1.54) is 6.20 Å². The van der Waals surface area contributed by atoms with Gasteiger partial charge >= 0.3 is 5.97 Å². The number of aryl methyl sites for hydroxylation is 2. The number of nitrogens with zero attached hydrogens (tertiary/aromatic N) is 3. The van der Waals surface area contributed by atoms with Crippen molar-refractivity contribution in [1.82, 2.24) is 20.1 Å². The highest BCUT2D eigenvalue weighted by Gasteiger charge is 2.20. The van der Waals surface area contributed by atoms with Gasteiger partial charge in [-0.1, -0.05) is 30.3 Å². The normalized spacial score (nSPS) is 12.1. The quantitative estimate of drug-likeness (QED) is 0.707. The van der Waals surface area contributed by atoms with Gasteiger partial charge in [-0.05, 0) is 25.0 Å². The van der Waals surface area contributed by atoms with Crippen molar-refractivity contribution in [3.63, 3.8) is 0 Å². The van der Waals surface area contributed by atoms with Gasteiger partial charge < -0.3 is 10.4 Å². The zero-order valence-corrected chi connectivity index (χ0v) is 14.6. The number of hydrogen-bond acceptors (Lipinski definition) is 4. The number of aromatic nitrogens is 3. The van der Waals surface area contributed by atoms with Gasteiger partial charge in [0.2, 0.25) is 0 Å². The lowest BCUT2D eigenvalue weighted by Crippen LogP contribution is -2.34. The van der Waals surface area contributed by atoms with Crippen LogP contribution in [0.1, 0.15) is 21.6 Å². The van der Waals surface area contributed by atoms with Gasteiger partial charge in [-0.2, -0.15) is 5.10 Å². The number of rotatable bonds is 6. The third-order valence-corrected chi connectivity index (χ3v) is 4.31. The van der Waals surface area contributed by atoms with Gasteiger partial charge in [0.25, 0.3) is 5.91 Å². The second kappa shape index (κ2) is 7.35. The predicted octanol–water partition coefficient (Wildman–Crippen LogP) is 1.95. The largest absolute Gasteiger partial charge is 0.481 e. The maximum Gasteiger partial charge on any atom is 0.308 e. The van der Waals surface area contributed by atoms with Gasteiger partial charge in [-0.3, -0.25) is 14.3 Å². The molecule has 2 heterocycles. The molecule has 0 aliphatic heterocycles. The van der Waals surface area contributed by atoms with Gasteiger partial charge in [-0.15, -0.1) is 0 Å². The highest BCUT2D eigenvalue weighted by Crippen LogP contribution is 2.16. The summed E-state index contributed by atoms with van der Waals surface area (Å²) < 4.78 is 1.66. The van der Waals surface area contributed by atoms with Crippen LogP contribution >= 0.6 is 0 Å². The molecule has 7 heteroatoms. The van der Waals surface area contributed by atoms with Crippen LogP contribution in [-0.2, 0) is 18.3 Å². The smallest absolute Gasteiger partial charge is 0.308 e. The molecule has 1 unspecified atom stereocenters. The molecule has 0 radical (unpaired) electrons. The number of carboxylic acids is 1. The Morgan fingerprint density at radius 2 is 2.00 bits per heavy atom. The zero-order chi connectivity index (χ0) is 18.7. The van der Waals surface area contributed by atoms with Crippen molar-refractivity contribution in [2.75, 3.05) is 6.54 Å². The number of carboxylic acid groups (broad SMARTS) is 1. The Labute approximate surface area is 150 Å². The molecule has 134 valence electrons. The zero-order valence-electron chi connectivity index (χ0n) is 14.6. The van der Waals surface area contributed by atoms with E-state index in [1.54, 1.807) is 17.8 Å². The molecule has 0 fully saturated rings. The number of fused-ring (bicyclic) bond motifs is 1. The fourth-order valence-corrected chi connectivity index (χ4v) is 2.90. The average Bonchev–Trinajstić information content (AvgIpc) is 2.92. The Morgan fingerprint density at radius 1 is 1.27 bits per heavy atom. The van der Waals surface area contributed by atoms with E-state index in [0.717, 1.165) is 16.6 Å². The Balaban J connectivity index is 1.70. The van der Waals surface area contributed by atoms with Crippen molar-refractivity contribution in [3.8, 4) is 0 Å². The van der Waals surface area contributed by atoms with E-state index in [9.17, 15) is 14.7 Å². The number of carbonyl (C=O) groups excluding carboxylic acids is 1. The summed E-state index contributed by atoms with van der Waals surface area (Å²) in [6, 6.07) is 11.1. The van der Waals surface area contributed by atoms with E-state index < -0.39 is 11.9 Å². The molecule has 0 aliphatic rings. The summed E-state index contributed by atoms with van der Waals surface area (Å²) in [5.41, 5.74) is 2.80. The van der Waals surface area contributed by atoms with Crippen LogP contribution in [0.15, 0.2) is 42.6 Å². The van der Waals surface area contributed by atoms with E-state index in [2.05, 4.69) is 15.4 Å². The van der Waals surface area contributed by atoms with Crippen molar-refractivity contribution in [2.45, 2.75) is 13.3 Å². The summed E-state index contributed by atoms with van der Waals surface area (Å²) in [7, 11) is 1.79. The summed E-state index contributed by atoms with van der Waals surface area (Å²) in [5.74, 6) is -1.98. The summed E-state index contributed by atoms with van der Waals surface area (Å²) >= 11 is 0. The minimum atomic E-state index is -0.939. The monoisotopic (exact) mass is 352 g/mol. The molecule has 1 atom stereocenters. The molecule has 2 aromatic heterocycles. The van der Waals surface area contributed by atoms with Crippen molar-refractivity contribution < 1.29 is 14.7 Å². The molecule has 26 heavy (non-hydrogen) atoms. The Hall–Kier alpha value is -3.22. The number of amides is 1. The van der Waals surface area contributed by atoms with Crippen molar-refractivity contribution >= 4 is 22.9 Å². The van der Waals surface area contributed by atoms with Gasteiger partial charge in [0, 0.05) is 25.2 Å². The summed E-state index contributed by atoms with van der Waals surface area (Å²) in [6.07, 6.45) is 1.83. The molecule has 7 nitrogen and oxygen atoms in total. The number of hydrogen-bond donors (Lipinski definition) is 2. The van der Waals surface area contributed by atoms with Crippen molar-refractivity contribution in [1.29, 1.82) is 0 Å². The fourth-order valence-electron chi connectivity index (χ4n) is 2.90. The molecule has 3 rings (SSSR count). The topological polar surface area (TPSA) is 97.1 Å². The molecule has 0 saturated carbocycles. The van der Waals surface area contributed by atoms with Crippen LogP contribution in [-0.4, -0.2) is 38.3 Å². The van der Waals surface area contributed by atoms with E-state index in [0.29, 0.717) is 17.6 Å². The third kappa shape index (κ3) is 3.72. The number of carbonyl (C=O) groups is 2. The SMILES string of the molecule is Cc1nn(C)c2ncc(C(=O)NCC(Cc3ccccc3)C(=O)O)cc12. The van der Waals surface area contributed by atoms with Crippen LogP contribution < -0.4 is 5.32 Å². The standard InChI is InChI=1S/C19H20N4O3/c1-12-16-9-14(10-20-17(16)23(2)22-12)18(24)21-11-15(19(25)26)8-13-6-4-3-5-7-13/h3-7,9-10,15H,8,11H2,1-2H3,(H,21,24)(H,25,26). The van der Waals surface area contributed by atoms with Gasteiger partial charge in [0.1, 0.15) is 0 Å². The Kier molecular flexibility index (Phi) is 4.97.